The van der Waals surface area contributed by atoms with E-state index in [0.717, 1.165) is 56.0 Å². The van der Waals surface area contributed by atoms with Crippen molar-refractivity contribution in [3.05, 3.63) is 52.8 Å². The lowest BCUT2D eigenvalue weighted by Crippen LogP contribution is -2.44. The summed E-state index contributed by atoms with van der Waals surface area (Å²) >= 11 is 6.42. The Kier molecular flexibility index (Phi) is 5.32. The van der Waals surface area contributed by atoms with Gasteiger partial charge in [-0.2, -0.15) is 0 Å². The second-order valence-corrected chi connectivity index (χ2v) is 8.60. The van der Waals surface area contributed by atoms with Crippen molar-refractivity contribution in [2.24, 2.45) is 0 Å². The summed E-state index contributed by atoms with van der Waals surface area (Å²) in [4.78, 5) is 26.6. The van der Waals surface area contributed by atoms with Gasteiger partial charge in [-0.15, -0.1) is 0 Å². The Labute approximate surface area is 186 Å². The van der Waals surface area contributed by atoms with Crippen LogP contribution in [-0.2, 0) is 6.54 Å². The van der Waals surface area contributed by atoms with Crippen LogP contribution in [0.15, 0.2) is 35.1 Å². The van der Waals surface area contributed by atoms with Gasteiger partial charge in [0.1, 0.15) is 17.8 Å². The van der Waals surface area contributed by atoms with Crippen molar-refractivity contribution < 1.29 is 9.21 Å². The Morgan fingerprint density at radius 2 is 2.03 bits per heavy atom. The summed E-state index contributed by atoms with van der Waals surface area (Å²) in [6.07, 6.45) is 6.63. The number of oxazole rings is 1. The van der Waals surface area contributed by atoms with Crippen molar-refractivity contribution in [1.82, 2.24) is 24.3 Å². The predicted octanol–water partition coefficient (Wildman–Crippen LogP) is 4.70. The van der Waals surface area contributed by atoms with E-state index in [9.17, 15) is 4.79 Å². The van der Waals surface area contributed by atoms with Gasteiger partial charge in [0.2, 0.25) is 5.89 Å². The van der Waals surface area contributed by atoms with E-state index in [1.165, 1.54) is 0 Å². The van der Waals surface area contributed by atoms with Crippen molar-refractivity contribution >= 4 is 17.5 Å². The Morgan fingerprint density at radius 1 is 1.23 bits per heavy atom. The third-order valence-corrected chi connectivity index (χ3v) is 6.40. The second-order valence-electron chi connectivity index (χ2n) is 8.19. The number of imidazole rings is 1. The zero-order valence-electron chi connectivity index (χ0n) is 17.8. The molecule has 5 rings (SSSR count). The van der Waals surface area contributed by atoms with Crippen LogP contribution in [0.2, 0.25) is 5.02 Å². The monoisotopic (exact) mass is 439 g/mol. The molecule has 0 radical (unpaired) electrons. The molecule has 1 saturated heterocycles. The van der Waals surface area contributed by atoms with Gasteiger partial charge >= 0.3 is 0 Å². The minimum atomic E-state index is -0.0551. The van der Waals surface area contributed by atoms with Crippen LogP contribution in [0.5, 0.6) is 0 Å². The molecule has 3 aromatic rings. The van der Waals surface area contributed by atoms with Crippen LogP contribution in [0, 0.1) is 0 Å². The number of fused-ring (bicyclic) bond motifs is 5. The summed E-state index contributed by atoms with van der Waals surface area (Å²) < 4.78 is 8.12. The van der Waals surface area contributed by atoms with Crippen LogP contribution in [0.3, 0.4) is 0 Å². The number of rotatable bonds is 7. The Bertz CT molecular complexity index is 1120. The third kappa shape index (κ3) is 3.36. The lowest BCUT2D eigenvalue weighted by Gasteiger charge is -2.39. The minimum Gasteiger partial charge on any atom is -0.438 e. The molecule has 1 atom stereocenters. The number of nitrogens with zero attached hydrogens (tertiary/aromatic N) is 5. The Balaban J connectivity index is 1.54. The van der Waals surface area contributed by atoms with Crippen molar-refractivity contribution in [2.75, 3.05) is 19.6 Å². The van der Waals surface area contributed by atoms with Gasteiger partial charge in [-0.1, -0.05) is 31.5 Å². The zero-order valence-corrected chi connectivity index (χ0v) is 18.6. The first-order valence-electron chi connectivity index (χ1n) is 11.0. The van der Waals surface area contributed by atoms with Gasteiger partial charge in [-0.3, -0.25) is 14.3 Å². The quantitative estimate of drug-likeness (QED) is 0.533. The molecule has 0 bridgehead atoms. The fourth-order valence-electron chi connectivity index (χ4n) is 4.63. The molecule has 7 nitrogen and oxygen atoms in total. The molecule has 0 spiro atoms. The number of carbonyl (C=O) groups is 1. The molecule has 162 valence electrons. The lowest BCUT2D eigenvalue weighted by molar-refractivity contribution is 0.0461. The van der Waals surface area contributed by atoms with Gasteiger partial charge in [0.05, 0.1) is 40.8 Å². The summed E-state index contributed by atoms with van der Waals surface area (Å²) in [5.74, 6) is 1.30. The van der Waals surface area contributed by atoms with Crippen LogP contribution < -0.4 is 0 Å². The van der Waals surface area contributed by atoms with E-state index in [1.807, 2.05) is 21.6 Å². The average Bonchev–Trinajstić information content (AvgIpc) is 3.33. The maximum absolute atomic E-state index is 13.1. The van der Waals surface area contributed by atoms with Crippen LogP contribution >= 0.6 is 11.6 Å². The molecule has 2 aromatic heterocycles. The molecule has 1 aromatic carbocycles. The van der Waals surface area contributed by atoms with E-state index in [-0.39, 0.29) is 11.9 Å². The number of benzene rings is 1. The molecule has 1 amide bonds. The zero-order chi connectivity index (χ0) is 21.5. The lowest BCUT2D eigenvalue weighted by atomic mass is 9.97. The smallest absolute Gasteiger partial charge is 0.258 e. The van der Waals surface area contributed by atoms with Gasteiger partial charge in [-0.25, -0.2) is 9.97 Å². The summed E-state index contributed by atoms with van der Waals surface area (Å²) in [5, 5.41) is 0.460. The fourth-order valence-corrected chi connectivity index (χ4v) is 4.88. The molecule has 31 heavy (non-hydrogen) atoms. The van der Waals surface area contributed by atoms with Crippen LogP contribution in [0.25, 0.3) is 17.3 Å². The summed E-state index contributed by atoms with van der Waals surface area (Å²) in [5.41, 5.74) is 2.91. The van der Waals surface area contributed by atoms with Crippen LogP contribution in [-0.4, -0.2) is 49.9 Å². The van der Waals surface area contributed by atoms with Crippen molar-refractivity contribution in [1.29, 1.82) is 0 Å². The summed E-state index contributed by atoms with van der Waals surface area (Å²) in [7, 11) is 0. The highest BCUT2D eigenvalue weighted by Gasteiger charge is 2.43. The van der Waals surface area contributed by atoms with Gasteiger partial charge < -0.3 is 9.32 Å². The normalized spacial score (nSPS) is 17.2. The highest BCUT2D eigenvalue weighted by Crippen LogP contribution is 2.44. The summed E-state index contributed by atoms with van der Waals surface area (Å²) in [6.45, 7) is 7.87. The second kappa shape index (κ2) is 8.13. The van der Waals surface area contributed by atoms with Crippen molar-refractivity contribution in [2.45, 2.75) is 45.7 Å². The average molecular weight is 440 g/mol. The molecule has 4 heterocycles. The number of halogens is 1. The maximum atomic E-state index is 13.1. The van der Waals surface area contributed by atoms with Crippen LogP contribution in [0.4, 0.5) is 0 Å². The molecule has 0 aliphatic carbocycles. The number of aromatic nitrogens is 3. The fraction of sp³-hybridized carbons (Fsp3) is 0.435. The number of carbonyl (C=O) groups excluding carboxylic acids is 1. The first-order valence-corrected chi connectivity index (χ1v) is 11.3. The van der Waals surface area contributed by atoms with E-state index < -0.39 is 0 Å². The van der Waals surface area contributed by atoms with Gasteiger partial charge in [-0.05, 0) is 44.5 Å². The largest absolute Gasteiger partial charge is 0.438 e. The Morgan fingerprint density at radius 3 is 2.74 bits per heavy atom. The topological polar surface area (TPSA) is 67.4 Å². The van der Waals surface area contributed by atoms with Gasteiger partial charge in [0, 0.05) is 6.54 Å². The van der Waals surface area contributed by atoms with Crippen molar-refractivity contribution in [3.8, 4) is 17.3 Å². The first kappa shape index (κ1) is 20.3. The molecule has 0 unspecified atom stereocenters. The maximum Gasteiger partial charge on any atom is 0.258 e. The minimum absolute atomic E-state index is 0.0330. The van der Waals surface area contributed by atoms with Crippen LogP contribution in [0.1, 0.15) is 61.0 Å². The molecule has 2 aliphatic heterocycles. The van der Waals surface area contributed by atoms with E-state index in [1.54, 1.807) is 18.6 Å². The molecule has 8 heteroatoms. The number of hydrogen-bond acceptors (Lipinski definition) is 5. The SMILES string of the molecule is CCCN(CCC)Cc1cnc(-c2ncn3c2[C@@H]2CCN2C(=O)c2c(Cl)cccc2-3)o1. The number of hydrogen-bond donors (Lipinski definition) is 0. The highest BCUT2D eigenvalue weighted by atomic mass is 35.5. The third-order valence-electron chi connectivity index (χ3n) is 6.08. The van der Waals surface area contributed by atoms with E-state index in [2.05, 4.69) is 28.7 Å². The van der Waals surface area contributed by atoms with E-state index in [0.29, 0.717) is 28.7 Å². The standard InChI is InChI=1S/C23H26ClN5O2/c1-3-9-27(10-4-2)13-15-12-25-22(31-15)20-21-18-8-11-28(18)23(30)19-16(24)6-5-7-17(19)29(21)14-26-20/h5-7,12,14,18H,3-4,8-11,13H2,1-2H3/t18-/m0/s1. The molecule has 0 saturated carbocycles. The Hall–Kier alpha value is -2.64. The molecule has 0 N–H and O–H groups in total. The molecule has 1 fully saturated rings. The molecular weight excluding hydrogens is 414 g/mol. The van der Waals surface area contributed by atoms with Gasteiger partial charge in [0.25, 0.3) is 5.91 Å². The highest BCUT2D eigenvalue weighted by molar-refractivity contribution is 6.34. The molecule has 2 aliphatic rings. The number of amides is 1. The summed E-state index contributed by atoms with van der Waals surface area (Å²) in [6, 6.07) is 5.48. The van der Waals surface area contributed by atoms with Crippen molar-refractivity contribution in [3.63, 3.8) is 0 Å². The van der Waals surface area contributed by atoms with Gasteiger partial charge in [0.15, 0.2) is 0 Å². The first-order chi connectivity index (χ1) is 15.1. The van der Waals surface area contributed by atoms with E-state index in [4.69, 9.17) is 16.0 Å². The molecular formula is C23H26ClN5O2. The predicted molar refractivity (Wildman–Crippen MR) is 118 cm³/mol. The van der Waals surface area contributed by atoms with E-state index >= 15 is 0 Å².